The number of Topliss-reactive ketones (excluding diaryl/α,β-unsaturated/α-hetero) is 1. The summed E-state index contributed by atoms with van der Waals surface area (Å²) in [6.45, 7) is 6.84. The maximum absolute atomic E-state index is 11.5. The van der Waals surface area contributed by atoms with Crippen LogP contribution in [-0.4, -0.2) is 29.8 Å². The van der Waals surface area contributed by atoms with Crippen molar-refractivity contribution >= 4 is 5.78 Å². The molecule has 2 heteroatoms. The fourth-order valence-electron chi connectivity index (χ4n) is 2.56. The molecule has 0 radical (unpaired) electrons. The van der Waals surface area contributed by atoms with E-state index in [1.54, 1.807) is 0 Å². The molecule has 74 valence electrons. The summed E-state index contributed by atoms with van der Waals surface area (Å²) in [6.07, 6.45) is 4.29. The van der Waals surface area contributed by atoms with Gasteiger partial charge in [-0.25, -0.2) is 0 Å². The molecule has 0 aromatic carbocycles. The van der Waals surface area contributed by atoms with E-state index in [-0.39, 0.29) is 0 Å². The molecule has 1 heterocycles. The Balaban J connectivity index is 1.89. The zero-order valence-corrected chi connectivity index (χ0v) is 8.68. The van der Waals surface area contributed by atoms with Crippen LogP contribution >= 0.6 is 0 Å². The van der Waals surface area contributed by atoms with Gasteiger partial charge >= 0.3 is 0 Å². The first kappa shape index (κ1) is 9.20. The minimum atomic E-state index is 0.291. The van der Waals surface area contributed by atoms with Gasteiger partial charge in [0.1, 0.15) is 5.78 Å². The monoisotopic (exact) mass is 181 g/mol. The predicted molar refractivity (Wildman–Crippen MR) is 52.6 cm³/mol. The van der Waals surface area contributed by atoms with Crippen molar-refractivity contribution in [2.45, 2.75) is 45.6 Å². The topological polar surface area (TPSA) is 20.3 Å². The average molecular weight is 181 g/mol. The minimum Gasteiger partial charge on any atom is -0.298 e. The summed E-state index contributed by atoms with van der Waals surface area (Å²) in [7, 11) is 0. The van der Waals surface area contributed by atoms with Crippen molar-refractivity contribution in [1.29, 1.82) is 0 Å². The van der Waals surface area contributed by atoms with Gasteiger partial charge in [-0.2, -0.15) is 0 Å². The normalized spacial score (nSPS) is 33.4. The third-order valence-electron chi connectivity index (χ3n) is 3.74. The molecule has 2 rings (SSSR count). The van der Waals surface area contributed by atoms with Gasteiger partial charge in [0.15, 0.2) is 0 Å². The lowest BCUT2D eigenvalue weighted by atomic mass is 9.78. The van der Waals surface area contributed by atoms with Gasteiger partial charge in [0, 0.05) is 19.5 Å². The van der Waals surface area contributed by atoms with Crippen molar-refractivity contribution in [2.75, 3.05) is 13.1 Å². The second-order valence-corrected chi connectivity index (χ2v) is 4.94. The molecule has 2 aliphatic rings. The highest BCUT2D eigenvalue weighted by molar-refractivity contribution is 5.86. The first-order valence-electron chi connectivity index (χ1n) is 5.41. The molecule has 0 bridgehead atoms. The molecule has 13 heavy (non-hydrogen) atoms. The molecule has 1 saturated carbocycles. The third kappa shape index (κ3) is 1.52. The molecule has 0 aromatic rings. The van der Waals surface area contributed by atoms with Crippen LogP contribution in [0.3, 0.4) is 0 Å². The van der Waals surface area contributed by atoms with Crippen molar-refractivity contribution in [3.05, 3.63) is 0 Å². The van der Waals surface area contributed by atoms with Crippen molar-refractivity contribution in [2.24, 2.45) is 5.41 Å². The molecule has 1 aliphatic carbocycles. The van der Waals surface area contributed by atoms with Gasteiger partial charge in [-0.1, -0.05) is 13.8 Å². The Morgan fingerprint density at radius 3 is 2.69 bits per heavy atom. The standard InChI is InChI=1S/C11H19NO/c1-3-11(2)7-12(8-11)9-5-4-6-10(9)13/h9H,3-8H2,1-2H3. The van der Waals surface area contributed by atoms with Gasteiger partial charge in [-0.05, 0) is 24.7 Å². The van der Waals surface area contributed by atoms with E-state index in [2.05, 4.69) is 18.7 Å². The van der Waals surface area contributed by atoms with Crippen LogP contribution in [0.25, 0.3) is 0 Å². The number of likely N-dealkylation sites (tertiary alicyclic amines) is 1. The third-order valence-corrected chi connectivity index (χ3v) is 3.74. The number of carbonyl (C=O) groups excluding carboxylic acids is 1. The number of rotatable bonds is 2. The summed E-state index contributed by atoms with van der Waals surface area (Å²) >= 11 is 0. The molecule has 1 saturated heterocycles. The quantitative estimate of drug-likeness (QED) is 0.648. The van der Waals surface area contributed by atoms with Crippen LogP contribution in [0.1, 0.15) is 39.5 Å². The summed E-state index contributed by atoms with van der Waals surface area (Å²) in [5, 5.41) is 0. The van der Waals surface area contributed by atoms with Crippen molar-refractivity contribution < 1.29 is 4.79 Å². The molecule has 2 nitrogen and oxygen atoms in total. The van der Waals surface area contributed by atoms with E-state index in [4.69, 9.17) is 0 Å². The Kier molecular flexibility index (Phi) is 2.18. The molecule has 1 unspecified atom stereocenters. The van der Waals surface area contributed by atoms with Crippen LogP contribution in [0.15, 0.2) is 0 Å². The van der Waals surface area contributed by atoms with Gasteiger partial charge in [0.05, 0.1) is 6.04 Å². The van der Waals surface area contributed by atoms with E-state index in [0.717, 1.165) is 32.4 Å². The molecule has 0 amide bonds. The van der Waals surface area contributed by atoms with Gasteiger partial charge in [0.2, 0.25) is 0 Å². The highest BCUT2D eigenvalue weighted by Crippen LogP contribution is 2.37. The molecular formula is C11H19NO. The number of ketones is 1. The molecule has 0 N–H and O–H groups in total. The molecule has 2 fully saturated rings. The Morgan fingerprint density at radius 2 is 2.23 bits per heavy atom. The number of carbonyl (C=O) groups is 1. The van der Waals surface area contributed by atoms with Crippen LogP contribution < -0.4 is 0 Å². The summed E-state index contributed by atoms with van der Waals surface area (Å²) in [6, 6.07) is 0.291. The smallest absolute Gasteiger partial charge is 0.149 e. The largest absolute Gasteiger partial charge is 0.298 e. The van der Waals surface area contributed by atoms with E-state index in [9.17, 15) is 4.79 Å². The zero-order valence-electron chi connectivity index (χ0n) is 8.68. The van der Waals surface area contributed by atoms with Crippen LogP contribution in [0, 0.1) is 5.41 Å². The van der Waals surface area contributed by atoms with Gasteiger partial charge in [-0.3, -0.25) is 9.69 Å². The summed E-state index contributed by atoms with van der Waals surface area (Å²) < 4.78 is 0. The average Bonchev–Trinajstić information content (AvgIpc) is 2.46. The fourth-order valence-corrected chi connectivity index (χ4v) is 2.56. The van der Waals surface area contributed by atoms with E-state index < -0.39 is 0 Å². The first-order chi connectivity index (χ1) is 6.14. The minimum absolute atomic E-state index is 0.291. The molecule has 0 spiro atoms. The van der Waals surface area contributed by atoms with Crippen LogP contribution in [-0.2, 0) is 4.79 Å². The van der Waals surface area contributed by atoms with E-state index in [1.165, 1.54) is 6.42 Å². The first-order valence-corrected chi connectivity index (χ1v) is 5.41. The number of nitrogens with zero attached hydrogens (tertiary/aromatic N) is 1. The van der Waals surface area contributed by atoms with E-state index >= 15 is 0 Å². The summed E-state index contributed by atoms with van der Waals surface area (Å²) in [5.41, 5.74) is 0.503. The lowest BCUT2D eigenvalue weighted by Gasteiger charge is -2.50. The van der Waals surface area contributed by atoms with Gasteiger partial charge in [0.25, 0.3) is 0 Å². The van der Waals surface area contributed by atoms with E-state index in [1.807, 2.05) is 0 Å². The maximum Gasteiger partial charge on any atom is 0.149 e. The highest BCUT2D eigenvalue weighted by Gasteiger charge is 2.43. The Morgan fingerprint density at radius 1 is 1.54 bits per heavy atom. The second kappa shape index (κ2) is 3.09. The Bertz CT molecular complexity index is 218. The van der Waals surface area contributed by atoms with Gasteiger partial charge in [-0.15, -0.1) is 0 Å². The van der Waals surface area contributed by atoms with Crippen molar-refractivity contribution in [3.8, 4) is 0 Å². The van der Waals surface area contributed by atoms with Crippen LogP contribution in [0.4, 0.5) is 0 Å². The van der Waals surface area contributed by atoms with Crippen LogP contribution in [0.5, 0.6) is 0 Å². The molecule has 1 atom stereocenters. The lowest BCUT2D eigenvalue weighted by Crippen LogP contribution is -2.59. The Hall–Kier alpha value is -0.370. The predicted octanol–water partition coefficient (Wildman–Crippen LogP) is 1.84. The number of hydrogen-bond acceptors (Lipinski definition) is 2. The number of hydrogen-bond donors (Lipinski definition) is 0. The Labute approximate surface area is 80.3 Å². The fraction of sp³-hybridized carbons (Fsp3) is 0.909. The molecule has 1 aliphatic heterocycles. The highest BCUT2D eigenvalue weighted by atomic mass is 16.1. The molecular weight excluding hydrogens is 162 g/mol. The zero-order chi connectivity index (χ0) is 9.47. The van der Waals surface area contributed by atoms with Crippen molar-refractivity contribution in [3.63, 3.8) is 0 Å². The lowest BCUT2D eigenvalue weighted by molar-refractivity contribution is -0.126. The van der Waals surface area contributed by atoms with Crippen molar-refractivity contribution in [1.82, 2.24) is 4.90 Å². The summed E-state index contributed by atoms with van der Waals surface area (Å²) in [5.74, 6) is 0.484. The SMILES string of the molecule is CCC1(C)CN(C2CCCC2=O)C1. The van der Waals surface area contributed by atoms with E-state index in [0.29, 0.717) is 17.2 Å². The van der Waals surface area contributed by atoms with Crippen LogP contribution in [0.2, 0.25) is 0 Å². The summed E-state index contributed by atoms with van der Waals surface area (Å²) in [4.78, 5) is 13.8. The second-order valence-electron chi connectivity index (χ2n) is 4.94. The van der Waals surface area contributed by atoms with Gasteiger partial charge < -0.3 is 0 Å². The maximum atomic E-state index is 11.5. The molecule has 0 aromatic heterocycles.